The third-order valence-electron chi connectivity index (χ3n) is 4.51. The lowest BCUT2D eigenvalue weighted by atomic mass is 9.90. The van der Waals surface area contributed by atoms with Crippen LogP contribution in [0.25, 0.3) is 0 Å². The summed E-state index contributed by atoms with van der Waals surface area (Å²) in [7, 11) is 0. The highest BCUT2D eigenvalue weighted by Gasteiger charge is 2.20. The summed E-state index contributed by atoms with van der Waals surface area (Å²) in [6.07, 6.45) is 3.71. The number of hydrogen-bond donors (Lipinski definition) is 1. The molecule has 0 aromatic heterocycles. The van der Waals surface area contributed by atoms with Crippen LogP contribution in [0.1, 0.15) is 24.0 Å². The highest BCUT2D eigenvalue weighted by atomic mass is 15.1. The van der Waals surface area contributed by atoms with Gasteiger partial charge in [0.05, 0.1) is 11.4 Å². The van der Waals surface area contributed by atoms with Crippen LogP contribution in [0.15, 0.2) is 48.5 Å². The molecule has 1 aliphatic heterocycles. The molecule has 1 saturated heterocycles. The van der Waals surface area contributed by atoms with E-state index in [1.54, 1.807) is 0 Å². The molecule has 0 saturated carbocycles. The molecule has 3 rings (SSSR count). The molecule has 0 unspecified atom stereocenters. The average molecular weight is 280 g/mol. The first-order valence-electron chi connectivity index (χ1n) is 7.87. The maximum atomic E-state index is 6.17. The Morgan fingerprint density at radius 3 is 2.43 bits per heavy atom. The minimum atomic E-state index is 0.801. The van der Waals surface area contributed by atoms with Crippen LogP contribution < -0.4 is 10.6 Å². The molecule has 2 N–H and O–H groups in total. The zero-order chi connectivity index (χ0) is 14.7. The largest absolute Gasteiger partial charge is 0.397 e. The molecule has 2 aromatic rings. The quantitative estimate of drug-likeness (QED) is 0.860. The normalized spacial score (nSPS) is 16.1. The smallest absolute Gasteiger partial charge is 0.0600 e. The number of nitrogens with zero attached hydrogens (tertiary/aromatic N) is 1. The van der Waals surface area contributed by atoms with Crippen LogP contribution in [0.5, 0.6) is 0 Å². The van der Waals surface area contributed by atoms with E-state index >= 15 is 0 Å². The fourth-order valence-electron chi connectivity index (χ4n) is 3.29. The number of nitrogen functional groups attached to an aromatic ring is 1. The molecule has 1 heterocycles. The van der Waals surface area contributed by atoms with Crippen LogP contribution in [-0.4, -0.2) is 13.1 Å². The van der Waals surface area contributed by atoms with Gasteiger partial charge >= 0.3 is 0 Å². The van der Waals surface area contributed by atoms with Gasteiger partial charge in [-0.2, -0.15) is 0 Å². The molecule has 1 fully saturated rings. The predicted molar refractivity (Wildman–Crippen MR) is 90.7 cm³/mol. The van der Waals surface area contributed by atoms with Crippen molar-refractivity contribution in [2.24, 2.45) is 5.92 Å². The highest BCUT2D eigenvalue weighted by molar-refractivity contribution is 5.68. The molecule has 0 radical (unpaired) electrons. The van der Waals surface area contributed by atoms with Gasteiger partial charge in [0.1, 0.15) is 0 Å². The topological polar surface area (TPSA) is 29.3 Å². The van der Waals surface area contributed by atoms with E-state index in [0.717, 1.165) is 24.7 Å². The maximum absolute atomic E-state index is 6.17. The number of nitrogens with two attached hydrogens (primary N) is 1. The SMILES string of the molecule is Cc1ccc(N2CCC(Cc3ccccc3)CC2)c(N)c1. The van der Waals surface area contributed by atoms with Gasteiger partial charge in [0, 0.05) is 13.1 Å². The van der Waals surface area contributed by atoms with E-state index < -0.39 is 0 Å². The molecule has 2 aromatic carbocycles. The Balaban J connectivity index is 1.60. The van der Waals surface area contributed by atoms with Gasteiger partial charge in [0.2, 0.25) is 0 Å². The number of piperidine rings is 1. The van der Waals surface area contributed by atoms with E-state index in [-0.39, 0.29) is 0 Å². The van der Waals surface area contributed by atoms with Gasteiger partial charge in [-0.1, -0.05) is 36.4 Å². The Morgan fingerprint density at radius 2 is 1.76 bits per heavy atom. The van der Waals surface area contributed by atoms with Crippen LogP contribution in [0.2, 0.25) is 0 Å². The first-order chi connectivity index (χ1) is 10.2. The maximum Gasteiger partial charge on any atom is 0.0600 e. The van der Waals surface area contributed by atoms with E-state index in [4.69, 9.17) is 5.73 Å². The van der Waals surface area contributed by atoms with E-state index in [1.165, 1.54) is 36.1 Å². The third kappa shape index (κ3) is 3.38. The summed E-state index contributed by atoms with van der Waals surface area (Å²) in [5, 5.41) is 0. The first kappa shape index (κ1) is 14.0. The zero-order valence-electron chi connectivity index (χ0n) is 12.8. The number of anilines is 2. The Bertz CT molecular complexity index is 584. The monoisotopic (exact) mass is 280 g/mol. The van der Waals surface area contributed by atoms with Crippen molar-refractivity contribution in [2.45, 2.75) is 26.2 Å². The van der Waals surface area contributed by atoms with E-state index in [9.17, 15) is 0 Å². The molecule has 0 amide bonds. The van der Waals surface area contributed by atoms with Crippen molar-refractivity contribution in [1.29, 1.82) is 0 Å². The Hall–Kier alpha value is -1.96. The summed E-state index contributed by atoms with van der Waals surface area (Å²) in [5.74, 6) is 0.801. The lowest BCUT2D eigenvalue weighted by Gasteiger charge is -2.34. The van der Waals surface area contributed by atoms with Gasteiger partial charge in [-0.3, -0.25) is 0 Å². The molecular formula is C19H24N2. The standard InChI is InChI=1S/C19H24N2/c1-15-7-8-19(18(20)13-15)21-11-9-17(10-12-21)14-16-5-3-2-4-6-16/h2-8,13,17H,9-12,14,20H2,1H3. The van der Waals surface area contributed by atoms with E-state index in [2.05, 4.69) is 60.4 Å². The van der Waals surface area contributed by atoms with E-state index in [0.29, 0.717) is 0 Å². The van der Waals surface area contributed by atoms with Crippen molar-refractivity contribution >= 4 is 11.4 Å². The second-order valence-electron chi connectivity index (χ2n) is 6.18. The molecule has 21 heavy (non-hydrogen) atoms. The average Bonchev–Trinajstić information content (AvgIpc) is 2.49. The van der Waals surface area contributed by atoms with Crippen LogP contribution in [0.4, 0.5) is 11.4 Å². The second kappa shape index (κ2) is 6.21. The van der Waals surface area contributed by atoms with Gasteiger partial charge in [0.15, 0.2) is 0 Å². The molecule has 2 heteroatoms. The summed E-state index contributed by atoms with van der Waals surface area (Å²) in [4.78, 5) is 2.44. The van der Waals surface area contributed by atoms with Crippen LogP contribution in [-0.2, 0) is 6.42 Å². The molecule has 2 nitrogen and oxygen atoms in total. The van der Waals surface area contributed by atoms with E-state index in [1.807, 2.05) is 0 Å². The minimum Gasteiger partial charge on any atom is -0.397 e. The summed E-state index contributed by atoms with van der Waals surface area (Å²) < 4.78 is 0. The Kier molecular flexibility index (Phi) is 4.14. The fourth-order valence-corrected chi connectivity index (χ4v) is 3.29. The van der Waals surface area contributed by atoms with Gasteiger partial charge in [-0.15, -0.1) is 0 Å². The number of aryl methyl sites for hydroxylation is 1. The van der Waals surface area contributed by atoms with Gasteiger partial charge < -0.3 is 10.6 Å². The van der Waals surface area contributed by atoms with Crippen LogP contribution in [0.3, 0.4) is 0 Å². The van der Waals surface area contributed by atoms with Crippen molar-refractivity contribution in [3.05, 3.63) is 59.7 Å². The number of rotatable bonds is 3. The Morgan fingerprint density at radius 1 is 1.05 bits per heavy atom. The zero-order valence-corrected chi connectivity index (χ0v) is 12.8. The van der Waals surface area contributed by atoms with Crippen molar-refractivity contribution in [1.82, 2.24) is 0 Å². The molecular weight excluding hydrogens is 256 g/mol. The molecule has 110 valence electrons. The predicted octanol–water partition coefficient (Wildman–Crippen LogP) is 4.04. The summed E-state index contributed by atoms with van der Waals surface area (Å²) in [6.45, 7) is 4.32. The van der Waals surface area contributed by atoms with Crippen molar-refractivity contribution < 1.29 is 0 Å². The molecule has 0 atom stereocenters. The van der Waals surface area contributed by atoms with Gasteiger partial charge in [-0.05, 0) is 55.4 Å². The van der Waals surface area contributed by atoms with Gasteiger partial charge in [-0.25, -0.2) is 0 Å². The Labute approximate surface area is 127 Å². The number of hydrogen-bond acceptors (Lipinski definition) is 2. The molecule has 1 aliphatic rings. The van der Waals surface area contributed by atoms with Crippen molar-refractivity contribution in [3.8, 4) is 0 Å². The summed E-state index contributed by atoms with van der Waals surface area (Å²) in [5.41, 5.74) is 11.0. The van der Waals surface area contributed by atoms with Crippen molar-refractivity contribution in [2.75, 3.05) is 23.7 Å². The van der Waals surface area contributed by atoms with Crippen molar-refractivity contribution in [3.63, 3.8) is 0 Å². The lowest BCUT2D eigenvalue weighted by molar-refractivity contribution is 0.404. The second-order valence-corrected chi connectivity index (χ2v) is 6.18. The lowest BCUT2D eigenvalue weighted by Crippen LogP contribution is -2.34. The van der Waals surface area contributed by atoms with Crippen LogP contribution >= 0.6 is 0 Å². The van der Waals surface area contributed by atoms with Gasteiger partial charge in [0.25, 0.3) is 0 Å². The highest BCUT2D eigenvalue weighted by Crippen LogP contribution is 2.29. The summed E-state index contributed by atoms with van der Waals surface area (Å²) >= 11 is 0. The number of benzene rings is 2. The first-order valence-corrected chi connectivity index (χ1v) is 7.87. The minimum absolute atomic E-state index is 0.801. The molecule has 0 bridgehead atoms. The molecule has 0 spiro atoms. The molecule has 0 aliphatic carbocycles. The van der Waals surface area contributed by atoms with Crippen LogP contribution in [0, 0.1) is 12.8 Å². The summed E-state index contributed by atoms with van der Waals surface area (Å²) in [6, 6.07) is 17.2. The third-order valence-corrected chi connectivity index (χ3v) is 4.51. The fraction of sp³-hybridized carbons (Fsp3) is 0.368.